The van der Waals surface area contributed by atoms with E-state index in [0.29, 0.717) is 0 Å². The summed E-state index contributed by atoms with van der Waals surface area (Å²) >= 11 is 0. The average Bonchev–Trinajstić information content (AvgIpc) is 3.06. The molecule has 1 fully saturated rings. The Hall–Kier alpha value is -1.28. The largest absolute Gasteiger partial charge is 0.347 e. The maximum Gasteiger partial charge on any atom is 0.0483 e. The zero-order valence-electron chi connectivity index (χ0n) is 11.9. The fraction of sp³-hybridized carbons (Fsp3) is 0.529. The number of nitrogens with one attached hydrogen (secondary N) is 1. The zero-order valence-corrected chi connectivity index (χ0v) is 11.9. The van der Waals surface area contributed by atoms with Gasteiger partial charge in [-0.1, -0.05) is 31.0 Å². The number of likely N-dealkylation sites (N-methyl/N-ethyl adjacent to an activating group) is 1. The fourth-order valence-electron chi connectivity index (χ4n) is 3.40. The van der Waals surface area contributed by atoms with Crippen molar-refractivity contribution in [1.29, 1.82) is 0 Å². The summed E-state index contributed by atoms with van der Waals surface area (Å²) in [5, 5.41) is 4.69. The standard InChI is InChI=1S/C17H24N2/c1-18-11-10-15-13-19(12-14-6-2-3-7-14)17-9-5-4-8-16(15)17/h4-5,8-9,13-14,18H,2-3,6-7,10-12H2,1H3. The maximum absolute atomic E-state index is 3.25. The summed E-state index contributed by atoms with van der Waals surface area (Å²) in [6, 6.07) is 8.86. The number of rotatable bonds is 5. The normalized spacial score (nSPS) is 16.5. The molecule has 1 saturated carbocycles. The molecule has 0 amide bonds. The Morgan fingerprint density at radius 2 is 2.00 bits per heavy atom. The number of para-hydroxylation sites is 1. The Balaban J connectivity index is 1.89. The van der Waals surface area contributed by atoms with Gasteiger partial charge in [-0.3, -0.25) is 0 Å². The minimum atomic E-state index is 0.896. The van der Waals surface area contributed by atoms with Crippen LogP contribution in [-0.2, 0) is 13.0 Å². The summed E-state index contributed by atoms with van der Waals surface area (Å²) in [5.41, 5.74) is 2.91. The van der Waals surface area contributed by atoms with Gasteiger partial charge < -0.3 is 9.88 Å². The Kier molecular flexibility index (Phi) is 3.88. The van der Waals surface area contributed by atoms with Gasteiger partial charge in [0.25, 0.3) is 0 Å². The smallest absolute Gasteiger partial charge is 0.0483 e. The van der Waals surface area contributed by atoms with Crippen molar-refractivity contribution in [3.8, 4) is 0 Å². The van der Waals surface area contributed by atoms with Crippen LogP contribution >= 0.6 is 0 Å². The fourth-order valence-corrected chi connectivity index (χ4v) is 3.40. The van der Waals surface area contributed by atoms with Crippen molar-refractivity contribution in [3.05, 3.63) is 36.0 Å². The third-order valence-corrected chi connectivity index (χ3v) is 4.45. The van der Waals surface area contributed by atoms with Crippen molar-refractivity contribution in [2.45, 2.75) is 38.6 Å². The van der Waals surface area contributed by atoms with E-state index < -0.39 is 0 Å². The van der Waals surface area contributed by atoms with Gasteiger partial charge in [0.2, 0.25) is 0 Å². The first-order valence-electron chi connectivity index (χ1n) is 7.60. The Morgan fingerprint density at radius 3 is 2.79 bits per heavy atom. The molecule has 0 radical (unpaired) electrons. The van der Waals surface area contributed by atoms with Crippen molar-refractivity contribution >= 4 is 10.9 Å². The third-order valence-electron chi connectivity index (χ3n) is 4.45. The summed E-state index contributed by atoms with van der Waals surface area (Å²) in [6.45, 7) is 2.26. The lowest BCUT2D eigenvalue weighted by Crippen LogP contribution is -2.10. The summed E-state index contributed by atoms with van der Waals surface area (Å²) in [5.74, 6) is 0.896. The maximum atomic E-state index is 3.25. The molecule has 19 heavy (non-hydrogen) atoms. The first-order valence-corrected chi connectivity index (χ1v) is 7.60. The SMILES string of the molecule is CNCCc1cn(CC2CCCC2)c2ccccc12. The average molecular weight is 256 g/mol. The Bertz CT molecular complexity index is 535. The van der Waals surface area contributed by atoms with Crippen LogP contribution in [0.4, 0.5) is 0 Å². The summed E-state index contributed by atoms with van der Waals surface area (Å²) in [6.07, 6.45) is 9.19. The number of benzene rings is 1. The van der Waals surface area contributed by atoms with Crippen LogP contribution in [0.25, 0.3) is 10.9 Å². The van der Waals surface area contributed by atoms with Crippen LogP contribution in [0.15, 0.2) is 30.5 Å². The number of nitrogens with zero attached hydrogens (tertiary/aromatic N) is 1. The Morgan fingerprint density at radius 1 is 1.21 bits per heavy atom. The molecule has 0 unspecified atom stereocenters. The molecule has 0 bridgehead atoms. The highest BCUT2D eigenvalue weighted by Crippen LogP contribution is 2.29. The molecule has 102 valence electrons. The van der Waals surface area contributed by atoms with Crippen LogP contribution < -0.4 is 5.32 Å². The second-order valence-corrected chi connectivity index (χ2v) is 5.83. The molecule has 2 heteroatoms. The molecule has 1 N–H and O–H groups in total. The van der Waals surface area contributed by atoms with Gasteiger partial charge in [-0.2, -0.15) is 0 Å². The first-order chi connectivity index (χ1) is 9.38. The summed E-state index contributed by atoms with van der Waals surface area (Å²) in [7, 11) is 2.03. The number of fused-ring (bicyclic) bond motifs is 1. The zero-order chi connectivity index (χ0) is 13.1. The molecule has 0 spiro atoms. The number of aromatic nitrogens is 1. The summed E-state index contributed by atoms with van der Waals surface area (Å²) in [4.78, 5) is 0. The topological polar surface area (TPSA) is 17.0 Å². The quantitative estimate of drug-likeness (QED) is 0.865. The van der Waals surface area contributed by atoms with Crippen LogP contribution in [0.3, 0.4) is 0 Å². The lowest BCUT2D eigenvalue weighted by Gasteiger charge is -2.11. The van der Waals surface area contributed by atoms with Crippen molar-refractivity contribution in [2.24, 2.45) is 5.92 Å². The molecule has 1 aromatic heterocycles. The van der Waals surface area contributed by atoms with Gasteiger partial charge in [-0.15, -0.1) is 0 Å². The molecule has 1 aliphatic carbocycles. The Labute approximate surface area is 115 Å². The van der Waals surface area contributed by atoms with Crippen LogP contribution in [0.1, 0.15) is 31.2 Å². The van der Waals surface area contributed by atoms with E-state index >= 15 is 0 Å². The van der Waals surface area contributed by atoms with E-state index in [1.807, 2.05) is 7.05 Å². The molecule has 0 saturated heterocycles. The third kappa shape index (κ3) is 2.69. The van der Waals surface area contributed by atoms with Gasteiger partial charge in [0.1, 0.15) is 0 Å². The van der Waals surface area contributed by atoms with E-state index in [4.69, 9.17) is 0 Å². The highest BCUT2D eigenvalue weighted by atomic mass is 15.0. The molecule has 0 atom stereocenters. The number of hydrogen-bond donors (Lipinski definition) is 1. The highest BCUT2D eigenvalue weighted by Gasteiger charge is 2.17. The van der Waals surface area contributed by atoms with Crippen molar-refractivity contribution in [2.75, 3.05) is 13.6 Å². The predicted octanol–water partition coefficient (Wildman–Crippen LogP) is 3.59. The van der Waals surface area contributed by atoms with Crippen LogP contribution in [-0.4, -0.2) is 18.2 Å². The molecule has 1 heterocycles. The lowest BCUT2D eigenvalue weighted by atomic mass is 10.1. The molecular weight excluding hydrogens is 232 g/mol. The van der Waals surface area contributed by atoms with Crippen molar-refractivity contribution in [1.82, 2.24) is 9.88 Å². The first kappa shape index (κ1) is 12.7. The number of hydrogen-bond acceptors (Lipinski definition) is 1. The monoisotopic (exact) mass is 256 g/mol. The second kappa shape index (κ2) is 5.79. The van der Waals surface area contributed by atoms with Crippen molar-refractivity contribution in [3.63, 3.8) is 0 Å². The minimum absolute atomic E-state index is 0.896. The molecule has 2 aromatic rings. The predicted molar refractivity (Wildman–Crippen MR) is 81.5 cm³/mol. The van der Waals surface area contributed by atoms with Gasteiger partial charge in [-0.05, 0) is 50.4 Å². The van der Waals surface area contributed by atoms with Crippen molar-refractivity contribution < 1.29 is 0 Å². The van der Waals surface area contributed by atoms with E-state index in [2.05, 4.69) is 40.3 Å². The molecule has 3 rings (SSSR count). The van der Waals surface area contributed by atoms with Crippen LogP contribution in [0.5, 0.6) is 0 Å². The lowest BCUT2D eigenvalue weighted by molar-refractivity contribution is 0.465. The second-order valence-electron chi connectivity index (χ2n) is 5.83. The molecule has 2 nitrogen and oxygen atoms in total. The van der Waals surface area contributed by atoms with E-state index in [9.17, 15) is 0 Å². The molecule has 1 aliphatic rings. The van der Waals surface area contributed by atoms with Crippen LogP contribution in [0, 0.1) is 5.92 Å². The molecule has 1 aromatic carbocycles. The van der Waals surface area contributed by atoms with E-state index in [-0.39, 0.29) is 0 Å². The van der Waals surface area contributed by atoms with E-state index in [0.717, 1.165) is 18.9 Å². The van der Waals surface area contributed by atoms with Gasteiger partial charge in [0, 0.05) is 23.6 Å². The van der Waals surface area contributed by atoms with Gasteiger partial charge in [0.15, 0.2) is 0 Å². The van der Waals surface area contributed by atoms with E-state index in [1.165, 1.54) is 48.7 Å². The highest BCUT2D eigenvalue weighted by molar-refractivity contribution is 5.84. The van der Waals surface area contributed by atoms with Gasteiger partial charge in [0.05, 0.1) is 0 Å². The minimum Gasteiger partial charge on any atom is -0.347 e. The summed E-state index contributed by atoms with van der Waals surface area (Å²) < 4.78 is 2.50. The van der Waals surface area contributed by atoms with Gasteiger partial charge in [-0.25, -0.2) is 0 Å². The molecule has 0 aliphatic heterocycles. The van der Waals surface area contributed by atoms with E-state index in [1.54, 1.807) is 0 Å². The molecular formula is C17H24N2. The van der Waals surface area contributed by atoms with Crippen LogP contribution in [0.2, 0.25) is 0 Å². The van der Waals surface area contributed by atoms with Gasteiger partial charge >= 0.3 is 0 Å².